The van der Waals surface area contributed by atoms with Crippen LogP contribution < -0.4 is 0 Å². The highest BCUT2D eigenvalue weighted by molar-refractivity contribution is 7.26. The van der Waals surface area contributed by atoms with E-state index in [4.69, 9.17) is 4.98 Å². The summed E-state index contributed by atoms with van der Waals surface area (Å²) in [5.74, 6) is 0.718. The highest BCUT2D eigenvalue weighted by Crippen LogP contribution is 2.40. The van der Waals surface area contributed by atoms with Crippen LogP contribution in [0, 0.1) is 0 Å². The summed E-state index contributed by atoms with van der Waals surface area (Å²) >= 11 is 1.87. The molecule has 2 aromatic heterocycles. The Bertz CT molecular complexity index is 2250. The van der Waals surface area contributed by atoms with Crippen LogP contribution in [-0.4, -0.2) is 9.97 Å². The SMILES string of the molecule is c1ccc(-c2cccc(-c3ccnc(-c4cccc(-c5cccc(-c6cccc7c6sc6ccccc67)c5)c4)n3)c2)cc1. The molecule has 0 aliphatic carbocycles. The van der Waals surface area contributed by atoms with Crippen molar-refractivity contribution in [1.29, 1.82) is 0 Å². The van der Waals surface area contributed by atoms with Crippen molar-refractivity contribution in [1.82, 2.24) is 9.97 Å². The van der Waals surface area contributed by atoms with E-state index in [9.17, 15) is 0 Å². The summed E-state index contributed by atoms with van der Waals surface area (Å²) < 4.78 is 2.65. The molecule has 6 aromatic carbocycles. The quantitative estimate of drug-likeness (QED) is 0.207. The standard InChI is InChI=1S/C40H26N2S/c1-2-10-27(11-3-1)28-12-7-16-32(25-28)37-22-23-41-40(42-37)33-17-8-14-30(26-33)29-13-6-15-31(24-29)34-19-9-20-36-35-18-4-5-21-38(35)43-39(34)36/h1-26H. The van der Waals surface area contributed by atoms with Crippen LogP contribution in [0.15, 0.2) is 158 Å². The molecule has 43 heavy (non-hydrogen) atoms. The fourth-order valence-corrected chi connectivity index (χ4v) is 7.06. The van der Waals surface area contributed by atoms with Gasteiger partial charge in [0.05, 0.1) is 5.69 Å². The monoisotopic (exact) mass is 566 g/mol. The lowest BCUT2D eigenvalue weighted by Gasteiger charge is -2.10. The Hall–Kier alpha value is -5.38. The predicted octanol–water partition coefficient (Wildman–Crippen LogP) is 11.2. The van der Waals surface area contributed by atoms with Gasteiger partial charge in [0.1, 0.15) is 0 Å². The first-order chi connectivity index (χ1) is 21.3. The first kappa shape index (κ1) is 25.3. The van der Waals surface area contributed by atoms with Crippen molar-refractivity contribution < 1.29 is 0 Å². The Morgan fingerprint density at radius 2 is 1.00 bits per heavy atom. The number of thiophene rings is 1. The lowest BCUT2D eigenvalue weighted by molar-refractivity contribution is 1.18. The Morgan fingerprint density at radius 3 is 1.84 bits per heavy atom. The summed E-state index contributed by atoms with van der Waals surface area (Å²) in [4.78, 5) is 9.65. The maximum absolute atomic E-state index is 4.99. The van der Waals surface area contributed by atoms with Crippen molar-refractivity contribution in [3.8, 4) is 56.0 Å². The molecule has 0 saturated carbocycles. The van der Waals surface area contributed by atoms with E-state index < -0.39 is 0 Å². The van der Waals surface area contributed by atoms with Gasteiger partial charge < -0.3 is 0 Å². The molecule has 0 N–H and O–H groups in total. The molecule has 0 spiro atoms. The molecule has 2 heterocycles. The predicted molar refractivity (Wildman–Crippen MR) is 182 cm³/mol. The largest absolute Gasteiger partial charge is 0.237 e. The number of rotatable bonds is 5. The van der Waals surface area contributed by atoms with E-state index in [1.807, 2.05) is 29.7 Å². The first-order valence-electron chi connectivity index (χ1n) is 14.4. The zero-order valence-corrected chi connectivity index (χ0v) is 24.1. The molecule has 0 fully saturated rings. The molecule has 2 nitrogen and oxygen atoms in total. The number of nitrogens with zero attached hydrogens (tertiary/aromatic N) is 2. The second-order valence-electron chi connectivity index (χ2n) is 10.7. The molecule has 202 valence electrons. The van der Waals surface area contributed by atoms with Gasteiger partial charge in [-0.05, 0) is 63.7 Å². The van der Waals surface area contributed by atoms with Crippen molar-refractivity contribution in [2.75, 3.05) is 0 Å². The Kier molecular flexibility index (Phi) is 6.36. The minimum Gasteiger partial charge on any atom is -0.237 e. The van der Waals surface area contributed by atoms with Crippen LogP contribution >= 0.6 is 11.3 Å². The smallest absolute Gasteiger partial charge is 0.159 e. The van der Waals surface area contributed by atoms with E-state index in [2.05, 4.69) is 145 Å². The number of aromatic nitrogens is 2. The topological polar surface area (TPSA) is 25.8 Å². The minimum atomic E-state index is 0.718. The molecule has 0 radical (unpaired) electrons. The zero-order valence-electron chi connectivity index (χ0n) is 23.3. The van der Waals surface area contributed by atoms with E-state index >= 15 is 0 Å². The van der Waals surface area contributed by atoms with Crippen molar-refractivity contribution in [2.45, 2.75) is 0 Å². The molecular weight excluding hydrogens is 541 g/mol. The normalized spacial score (nSPS) is 11.3. The van der Waals surface area contributed by atoms with Crippen molar-refractivity contribution in [2.24, 2.45) is 0 Å². The molecule has 0 aliphatic rings. The Morgan fingerprint density at radius 1 is 0.419 bits per heavy atom. The van der Waals surface area contributed by atoms with Gasteiger partial charge in [-0.2, -0.15) is 0 Å². The average molecular weight is 567 g/mol. The maximum atomic E-state index is 4.99. The molecule has 3 heteroatoms. The van der Waals surface area contributed by atoms with Gasteiger partial charge in [0.25, 0.3) is 0 Å². The van der Waals surface area contributed by atoms with Gasteiger partial charge in [-0.15, -0.1) is 11.3 Å². The second-order valence-corrected chi connectivity index (χ2v) is 11.7. The Labute approximate surface area is 254 Å². The summed E-state index contributed by atoms with van der Waals surface area (Å²) in [6, 6.07) is 53.6. The van der Waals surface area contributed by atoms with Gasteiger partial charge in [-0.1, -0.05) is 121 Å². The summed E-state index contributed by atoms with van der Waals surface area (Å²) in [7, 11) is 0. The lowest BCUT2D eigenvalue weighted by atomic mass is 9.97. The molecule has 0 atom stereocenters. The van der Waals surface area contributed by atoms with E-state index in [1.165, 1.54) is 48.0 Å². The minimum absolute atomic E-state index is 0.718. The second kappa shape index (κ2) is 10.8. The van der Waals surface area contributed by atoms with Crippen molar-refractivity contribution in [3.05, 3.63) is 158 Å². The first-order valence-corrected chi connectivity index (χ1v) is 15.2. The third kappa shape index (κ3) is 4.80. The van der Waals surface area contributed by atoms with Gasteiger partial charge in [0.15, 0.2) is 5.82 Å². The summed E-state index contributed by atoms with van der Waals surface area (Å²) in [5, 5.41) is 2.64. The van der Waals surface area contributed by atoms with Crippen LogP contribution in [0.25, 0.3) is 76.2 Å². The van der Waals surface area contributed by atoms with Crippen LogP contribution in [0.1, 0.15) is 0 Å². The molecule has 0 amide bonds. The highest BCUT2D eigenvalue weighted by atomic mass is 32.1. The van der Waals surface area contributed by atoms with Crippen molar-refractivity contribution in [3.63, 3.8) is 0 Å². The van der Waals surface area contributed by atoms with Crippen LogP contribution in [-0.2, 0) is 0 Å². The summed E-state index contributed by atoms with van der Waals surface area (Å²) in [6.45, 7) is 0. The molecule has 0 saturated heterocycles. The lowest BCUT2D eigenvalue weighted by Crippen LogP contribution is -1.92. The van der Waals surface area contributed by atoms with Crippen LogP contribution in [0.5, 0.6) is 0 Å². The molecular formula is C40H26N2S. The third-order valence-corrected chi connectivity index (χ3v) is 9.17. The number of benzene rings is 6. The van der Waals surface area contributed by atoms with Crippen molar-refractivity contribution >= 4 is 31.5 Å². The van der Waals surface area contributed by atoms with Gasteiger partial charge >= 0.3 is 0 Å². The molecule has 8 aromatic rings. The Balaban J connectivity index is 1.15. The van der Waals surface area contributed by atoms with Gasteiger partial charge in [-0.25, -0.2) is 9.97 Å². The van der Waals surface area contributed by atoms with Crippen LogP contribution in [0.2, 0.25) is 0 Å². The number of fused-ring (bicyclic) bond motifs is 3. The van der Waals surface area contributed by atoms with E-state index in [0.29, 0.717) is 0 Å². The third-order valence-electron chi connectivity index (χ3n) is 7.95. The zero-order chi connectivity index (χ0) is 28.6. The summed E-state index contributed by atoms with van der Waals surface area (Å²) in [6.07, 6.45) is 1.85. The van der Waals surface area contributed by atoms with Gasteiger partial charge in [-0.3, -0.25) is 0 Å². The fourth-order valence-electron chi connectivity index (χ4n) is 5.83. The maximum Gasteiger partial charge on any atom is 0.159 e. The van der Waals surface area contributed by atoms with Gasteiger partial charge in [0, 0.05) is 37.5 Å². The summed E-state index contributed by atoms with van der Waals surface area (Å²) in [5.41, 5.74) is 10.1. The average Bonchev–Trinajstić information content (AvgIpc) is 3.48. The molecule has 0 bridgehead atoms. The van der Waals surface area contributed by atoms with E-state index in [1.54, 1.807) is 0 Å². The molecule has 8 rings (SSSR count). The van der Waals surface area contributed by atoms with Crippen LogP contribution in [0.3, 0.4) is 0 Å². The van der Waals surface area contributed by atoms with E-state index in [0.717, 1.165) is 28.2 Å². The molecule has 0 unspecified atom stereocenters. The molecule has 0 aliphatic heterocycles. The highest BCUT2D eigenvalue weighted by Gasteiger charge is 2.12. The number of hydrogen-bond donors (Lipinski definition) is 0. The van der Waals surface area contributed by atoms with Gasteiger partial charge in [0.2, 0.25) is 0 Å². The fraction of sp³-hybridized carbons (Fsp3) is 0. The van der Waals surface area contributed by atoms with E-state index in [-0.39, 0.29) is 0 Å². The number of hydrogen-bond acceptors (Lipinski definition) is 3. The van der Waals surface area contributed by atoms with Crippen LogP contribution in [0.4, 0.5) is 0 Å².